The van der Waals surface area contributed by atoms with E-state index in [0.29, 0.717) is 11.5 Å². The summed E-state index contributed by atoms with van der Waals surface area (Å²) in [5.74, 6) is 1.32. The smallest absolute Gasteiger partial charge is 0.338 e. The fourth-order valence-corrected chi connectivity index (χ4v) is 4.63. The van der Waals surface area contributed by atoms with Gasteiger partial charge >= 0.3 is 5.97 Å². The van der Waals surface area contributed by atoms with E-state index in [1.54, 1.807) is 0 Å². The molecule has 31 heavy (non-hydrogen) atoms. The van der Waals surface area contributed by atoms with Gasteiger partial charge in [0.15, 0.2) is 0 Å². The van der Waals surface area contributed by atoms with Crippen LogP contribution in [0.2, 0.25) is 0 Å². The standard InChI is InChI=1S/C28H46O3/c1-5-7-9-11-21-30-22(3)23(4)31-28(29)27-19-17-26(18-20-27)25-15-13-24(14-16-25)12-10-8-6-2/h17-20,22-25H,5-16,21H2,1-4H3. The first-order valence-corrected chi connectivity index (χ1v) is 13.0. The molecule has 0 radical (unpaired) electrons. The molecule has 1 aliphatic rings. The topological polar surface area (TPSA) is 35.5 Å². The lowest BCUT2D eigenvalue weighted by atomic mass is 9.77. The molecule has 1 aromatic rings. The normalized spacial score (nSPS) is 20.9. The molecular formula is C28H46O3. The maximum atomic E-state index is 12.6. The number of esters is 1. The minimum atomic E-state index is -0.250. The van der Waals surface area contributed by atoms with Gasteiger partial charge in [0, 0.05) is 6.61 Å². The Balaban J connectivity index is 1.73. The Bertz CT molecular complexity index is 601. The quantitative estimate of drug-likeness (QED) is 0.221. The zero-order valence-electron chi connectivity index (χ0n) is 20.5. The monoisotopic (exact) mass is 430 g/mol. The summed E-state index contributed by atoms with van der Waals surface area (Å²) in [7, 11) is 0. The van der Waals surface area contributed by atoms with Crippen LogP contribution in [0, 0.1) is 5.92 Å². The van der Waals surface area contributed by atoms with E-state index in [-0.39, 0.29) is 18.2 Å². The van der Waals surface area contributed by atoms with Gasteiger partial charge in [0.1, 0.15) is 6.10 Å². The fraction of sp³-hybridized carbons (Fsp3) is 0.750. The molecule has 176 valence electrons. The summed E-state index contributed by atoms with van der Waals surface area (Å²) in [6, 6.07) is 8.15. The predicted octanol–water partition coefficient (Wildman–Crippen LogP) is 8.07. The molecule has 0 bridgehead atoms. The molecule has 2 unspecified atom stereocenters. The van der Waals surface area contributed by atoms with Gasteiger partial charge in [-0.1, -0.05) is 70.9 Å². The van der Waals surface area contributed by atoms with Crippen molar-refractivity contribution >= 4 is 5.97 Å². The highest BCUT2D eigenvalue weighted by molar-refractivity contribution is 5.89. The van der Waals surface area contributed by atoms with Crippen molar-refractivity contribution in [2.24, 2.45) is 5.92 Å². The molecule has 2 atom stereocenters. The Hall–Kier alpha value is -1.35. The fourth-order valence-electron chi connectivity index (χ4n) is 4.63. The summed E-state index contributed by atoms with van der Waals surface area (Å²) in [5.41, 5.74) is 2.01. The molecule has 1 fully saturated rings. The molecular weight excluding hydrogens is 384 g/mol. The zero-order valence-corrected chi connectivity index (χ0v) is 20.5. The van der Waals surface area contributed by atoms with Crippen LogP contribution < -0.4 is 0 Å². The third kappa shape index (κ3) is 9.35. The Morgan fingerprint density at radius 2 is 1.52 bits per heavy atom. The summed E-state index contributed by atoms with van der Waals surface area (Å²) < 4.78 is 11.5. The van der Waals surface area contributed by atoms with Crippen LogP contribution in [-0.2, 0) is 9.47 Å². The van der Waals surface area contributed by atoms with Gasteiger partial charge in [-0.25, -0.2) is 4.79 Å². The number of rotatable bonds is 14. The molecule has 0 heterocycles. The minimum absolute atomic E-state index is 0.0858. The van der Waals surface area contributed by atoms with E-state index in [0.717, 1.165) is 18.9 Å². The first-order valence-electron chi connectivity index (χ1n) is 13.0. The van der Waals surface area contributed by atoms with Gasteiger partial charge in [-0.2, -0.15) is 0 Å². The van der Waals surface area contributed by atoms with E-state index in [1.807, 2.05) is 26.0 Å². The highest BCUT2D eigenvalue weighted by Crippen LogP contribution is 2.37. The molecule has 3 heteroatoms. The molecule has 0 aliphatic heterocycles. The van der Waals surface area contributed by atoms with E-state index in [9.17, 15) is 4.79 Å². The van der Waals surface area contributed by atoms with E-state index >= 15 is 0 Å². The molecule has 1 saturated carbocycles. The summed E-state index contributed by atoms with van der Waals surface area (Å²) in [6.07, 6.45) is 15.2. The lowest BCUT2D eigenvalue weighted by molar-refractivity contribution is -0.0386. The third-order valence-electron chi connectivity index (χ3n) is 7.01. The van der Waals surface area contributed by atoms with Gasteiger partial charge in [-0.15, -0.1) is 0 Å². The predicted molar refractivity (Wildman–Crippen MR) is 130 cm³/mol. The first-order chi connectivity index (χ1) is 15.0. The van der Waals surface area contributed by atoms with Gasteiger partial charge in [0.05, 0.1) is 11.7 Å². The Labute approximate surface area is 191 Å². The van der Waals surface area contributed by atoms with Gasteiger partial charge < -0.3 is 9.47 Å². The second-order valence-electron chi connectivity index (χ2n) is 9.58. The summed E-state index contributed by atoms with van der Waals surface area (Å²) >= 11 is 0. The molecule has 2 rings (SSSR count). The van der Waals surface area contributed by atoms with E-state index in [1.165, 1.54) is 76.2 Å². The van der Waals surface area contributed by atoms with E-state index < -0.39 is 0 Å². The van der Waals surface area contributed by atoms with Crippen LogP contribution >= 0.6 is 0 Å². The lowest BCUT2D eigenvalue weighted by Gasteiger charge is -2.29. The van der Waals surface area contributed by atoms with Crippen LogP contribution in [0.5, 0.6) is 0 Å². The summed E-state index contributed by atoms with van der Waals surface area (Å²) in [6.45, 7) is 9.12. The minimum Gasteiger partial charge on any atom is -0.456 e. The first kappa shape index (κ1) is 25.9. The van der Waals surface area contributed by atoms with Gasteiger partial charge in [-0.3, -0.25) is 0 Å². The zero-order chi connectivity index (χ0) is 22.5. The molecule has 1 aliphatic carbocycles. The van der Waals surface area contributed by atoms with Crippen LogP contribution in [0.25, 0.3) is 0 Å². The average Bonchev–Trinajstić information content (AvgIpc) is 2.79. The molecule has 0 N–H and O–H groups in total. The maximum absolute atomic E-state index is 12.6. The van der Waals surface area contributed by atoms with Crippen molar-refractivity contribution in [3.8, 4) is 0 Å². The summed E-state index contributed by atoms with van der Waals surface area (Å²) in [4.78, 5) is 12.6. The van der Waals surface area contributed by atoms with Crippen molar-refractivity contribution in [1.29, 1.82) is 0 Å². The van der Waals surface area contributed by atoms with Crippen molar-refractivity contribution in [1.82, 2.24) is 0 Å². The van der Waals surface area contributed by atoms with Crippen molar-refractivity contribution in [3.05, 3.63) is 35.4 Å². The van der Waals surface area contributed by atoms with Crippen molar-refractivity contribution in [2.45, 2.75) is 123 Å². The number of carbonyl (C=O) groups excluding carboxylic acids is 1. The number of hydrogen-bond acceptors (Lipinski definition) is 3. The maximum Gasteiger partial charge on any atom is 0.338 e. The third-order valence-corrected chi connectivity index (χ3v) is 7.01. The van der Waals surface area contributed by atoms with Crippen molar-refractivity contribution in [2.75, 3.05) is 6.61 Å². The second-order valence-corrected chi connectivity index (χ2v) is 9.58. The highest BCUT2D eigenvalue weighted by atomic mass is 16.6. The van der Waals surface area contributed by atoms with E-state index in [2.05, 4.69) is 26.0 Å². The van der Waals surface area contributed by atoms with Crippen LogP contribution in [0.3, 0.4) is 0 Å². The molecule has 0 saturated heterocycles. The van der Waals surface area contributed by atoms with Crippen LogP contribution in [0.4, 0.5) is 0 Å². The largest absolute Gasteiger partial charge is 0.456 e. The highest BCUT2D eigenvalue weighted by Gasteiger charge is 2.23. The number of unbranched alkanes of at least 4 members (excludes halogenated alkanes) is 5. The molecule has 0 spiro atoms. The molecule has 0 amide bonds. The summed E-state index contributed by atoms with van der Waals surface area (Å²) in [5, 5.41) is 0. The Kier molecular flexibility index (Phi) is 12.3. The van der Waals surface area contributed by atoms with Crippen LogP contribution in [0.15, 0.2) is 24.3 Å². The second kappa shape index (κ2) is 14.7. The number of carbonyl (C=O) groups is 1. The molecule has 0 aromatic heterocycles. The number of ether oxygens (including phenoxy) is 2. The van der Waals surface area contributed by atoms with E-state index in [4.69, 9.17) is 9.47 Å². The molecule has 3 nitrogen and oxygen atoms in total. The lowest BCUT2D eigenvalue weighted by Crippen LogP contribution is -2.29. The number of hydrogen-bond donors (Lipinski definition) is 0. The Morgan fingerprint density at radius 1 is 0.871 bits per heavy atom. The molecule has 1 aromatic carbocycles. The van der Waals surface area contributed by atoms with Gasteiger partial charge in [-0.05, 0) is 75.5 Å². The Morgan fingerprint density at radius 3 is 2.16 bits per heavy atom. The van der Waals surface area contributed by atoms with Gasteiger partial charge in [0.2, 0.25) is 0 Å². The van der Waals surface area contributed by atoms with Crippen molar-refractivity contribution in [3.63, 3.8) is 0 Å². The SMILES string of the molecule is CCCCCCOC(C)C(C)OC(=O)c1ccc(C2CCC(CCCCC)CC2)cc1. The van der Waals surface area contributed by atoms with Crippen LogP contribution in [0.1, 0.15) is 127 Å². The van der Waals surface area contributed by atoms with Gasteiger partial charge in [0.25, 0.3) is 0 Å². The van der Waals surface area contributed by atoms with Crippen LogP contribution in [-0.4, -0.2) is 24.8 Å². The van der Waals surface area contributed by atoms with Crippen molar-refractivity contribution < 1.29 is 14.3 Å². The number of benzene rings is 1. The average molecular weight is 431 g/mol.